The molecule has 0 aliphatic heterocycles. The molecule has 1 aromatic rings. The van der Waals surface area contributed by atoms with Crippen LogP contribution in [0.25, 0.3) is 0 Å². The molecule has 1 aromatic carbocycles. The van der Waals surface area contributed by atoms with E-state index >= 15 is 0 Å². The first-order valence-electron chi connectivity index (χ1n) is 5.62. The van der Waals surface area contributed by atoms with Gasteiger partial charge in [0.1, 0.15) is 10.7 Å². The largest absolute Gasteiger partial charge is 0.493 e. The molecule has 0 fully saturated rings. The number of nitrogens with two attached hydrogens (primary N) is 1. The van der Waals surface area contributed by atoms with E-state index in [-0.39, 0.29) is 24.0 Å². The maximum atomic E-state index is 14.1. The predicted octanol–water partition coefficient (Wildman–Crippen LogP) is 1.31. The van der Waals surface area contributed by atoms with Gasteiger partial charge in [0.05, 0.1) is 14.2 Å². The lowest BCUT2D eigenvalue weighted by Gasteiger charge is -2.19. The molecule has 1 unspecified atom stereocenters. The Morgan fingerprint density at radius 3 is 2.21 bits per heavy atom. The van der Waals surface area contributed by atoms with Gasteiger partial charge in [0.15, 0.2) is 21.3 Å². The van der Waals surface area contributed by atoms with Crippen LogP contribution < -0.4 is 15.2 Å². The molecule has 0 heterocycles. The Morgan fingerprint density at radius 1 is 1.32 bits per heavy atom. The highest BCUT2D eigenvalue weighted by molar-refractivity contribution is 7.90. The lowest BCUT2D eigenvalue weighted by Crippen LogP contribution is -2.13. The Kier molecular flexibility index (Phi) is 4.75. The zero-order chi connectivity index (χ0) is 14.8. The number of sulfone groups is 1. The van der Waals surface area contributed by atoms with Gasteiger partial charge in [0, 0.05) is 11.8 Å². The van der Waals surface area contributed by atoms with Gasteiger partial charge in [-0.3, -0.25) is 0 Å². The van der Waals surface area contributed by atoms with Gasteiger partial charge in [-0.25, -0.2) is 12.8 Å². The van der Waals surface area contributed by atoms with Crippen molar-refractivity contribution in [3.8, 4) is 11.5 Å². The van der Waals surface area contributed by atoms with Crippen LogP contribution in [-0.4, -0.2) is 35.4 Å². The first-order valence-corrected chi connectivity index (χ1v) is 7.51. The summed E-state index contributed by atoms with van der Waals surface area (Å²) >= 11 is 0. The van der Waals surface area contributed by atoms with E-state index in [9.17, 15) is 12.8 Å². The molecule has 0 aromatic heterocycles. The molecule has 1 atom stereocenters. The molecule has 0 aliphatic carbocycles. The molecule has 0 saturated heterocycles. The summed E-state index contributed by atoms with van der Waals surface area (Å²) in [6.07, 6.45) is 0.916. The molecule has 19 heavy (non-hydrogen) atoms. The van der Waals surface area contributed by atoms with Gasteiger partial charge in [-0.1, -0.05) is 6.92 Å². The highest BCUT2D eigenvalue weighted by Crippen LogP contribution is 2.41. The van der Waals surface area contributed by atoms with Crippen molar-refractivity contribution in [1.82, 2.24) is 0 Å². The summed E-state index contributed by atoms with van der Waals surface area (Å²) in [6.45, 7) is 2.06. The normalized spacial score (nSPS) is 13.2. The first-order chi connectivity index (χ1) is 8.77. The van der Waals surface area contributed by atoms with Crippen LogP contribution in [0.1, 0.15) is 18.4 Å². The lowest BCUT2D eigenvalue weighted by molar-refractivity contribution is 0.336. The summed E-state index contributed by atoms with van der Waals surface area (Å²) in [5.74, 6) is -0.981. The predicted molar refractivity (Wildman–Crippen MR) is 70.1 cm³/mol. The van der Waals surface area contributed by atoms with Crippen molar-refractivity contribution < 1.29 is 22.3 Å². The maximum Gasteiger partial charge on any atom is 0.182 e. The lowest BCUT2D eigenvalue weighted by atomic mass is 9.99. The average Bonchev–Trinajstić information content (AvgIpc) is 2.34. The van der Waals surface area contributed by atoms with Crippen LogP contribution >= 0.6 is 0 Å². The van der Waals surface area contributed by atoms with Crippen LogP contribution in [0.3, 0.4) is 0 Å². The molecular formula is C12H18FNO4S. The molecule has 0 spiro atoms. The van der Waals surface area contributed by atoms with Gasteiger partial charge in [0.25, 0.3) is 0 Å². The molecule has 1 rings (SSSR count). The quantitative estimate of drug-likeness (QED) is 0.885. The Hall–Kier alpha value is -1.34. The van der Waals surface area contributed by atoms with Gasteiger partial charge in [-0.15, -0.1) is 0 Å². The van der Waals surface area contributed by atoms with E-state index in [0.717, 1.165) is 12.3 Å². The van der Waals surface area contributed by atoms with E-state index in [0.29, 0.717) is 5.56 Å². The van der Waals surface area contributed by atoms with E-state index in [1.54, 1.807) is 6.92 Å². The van der Waals surface area contributed by atoms with Crippen molar-refractivity contribution in [2.24, 2.45) is 5.73 Å². The molecule has 2 N–H and O–H groups in total. The van der Waals surface area contributed by atoms with Gasteiger partial charge in [0.2, 0.25) is 0 Å². The molecule has 0 saturated carbocycles. The third-order valence-corrected chi connectivity index (χ3v) is 3.96. The minimum atomic E-state index is -3.77. The van der Waals surface area contributed by atoms with Crippen molar-refractivity contribution in [1.29, 1.82) is 0 Å². The number of benzene rings is 1. The van der Waals surface area contributed by atoms with Crippen molar-refractivity contribution in [3.63, 3.8) is 0 Å². The van der Waals surface area contributed by atoms with E-state index < -0.39 is 20.5 Å². The second kappa shape index (κ2) is 5.75. The Labute approximate surface area is 112 Å². The first kappa shape index (κ1) is 15.7. The molecular weight excluding hydrogens is 273 g/mol. The van der Waals surface area contributed by atoms with E-state index in [1.165, 1.54) is 14.2 Å². The van der Waals surface area contributed by atoms with Crippen LogP contribution in [0, 0.1) is 5.82 Å². The van der Waals surface area contributed by atoms with Gasteiger partial charge in [-0.2, -0.15) is 0 Å². The van der Waals surface area contributed by atoms with Crippen molar-refractivity contribution in [2.45, 2.75) is 17.7 Å². The van der Waals surface area contributed by atoms with Crippen LogP contribution in [0.15, 0.2) is 11.0 Å². The molecule has 0 aliphatic rings. The average molecular weight is 291 g/mol. The number of hydrogen-bond acceptors (Lipinski definition) is 5. The summed E-state index contributed by atoms with van der Waals surface area (Å²) in [7, 11) is -1.13. The van der Waals surface area contributed by atoms with E-state index in [1.807, 2.05) is 0 Å². The van der Waals surface area contributed by atoms with Crippen LogP contribution in [0.5, 0.6) is 11.5 Å². The number of ether oxygens (including phenoxy) is 2. The van der Waals surface area contributed by atoms with Crippen LogP contribution in [0.4, 0.5) is 4.39 Å². The third-order valence-electron chi connectivity index (χ3n) is 2.84. The minimum absolute atomic E-state index is 0.125. The van der Waals surface area contributed by atoms with Crippen molar-refractivity contribution >= 4 is 9.84 Å². The molecule has 7 heteroatoms. The van der Waals surface area contributed by atoms with Crippen molar-refractivity contribution in [2.75, 3.05) is 27.0 Å². The number of halogens is 1. The van der Waals surface area contributed by atoms with Crippen LogP contribution in [0.2, 0.25) is 0 Å². The fourth-order valence-corrected chi connectivity index (χ4v) is 2.77. The van der Waals surface area contributed by atoms with Crippen molar-refractivity contribution in [3.05, 3.63) is 17.4 Å². The monoisotopic (exact) mass is 291 g/mol. The van der Waals surface area contributed by atoms with Crippen LogP contribution in [-0.2, 0) is 9.84 Å². The Morgan fingerprint density at radius 2 is 1.84 bits per heavy atom. The summed E-state index contributed by atoms with van der Waals surface area (Å²) in [5.41, 5.74) is 6.03. The summed E-state index contributed by atoms with van der Waals surface area (Å²) in [6, 6.07) is 1.13. The number of methoxy groups -OCH3 is 2. The third kappa shape index (κ3) is 2.98. The fourth-order valence-electron chi connectivity index (χ4n) is 1.84. The summed E-state index contributed by atoms with van der Waals surface area (Å²) < 4.78 is 47.5. The number of rotatable bonds is 5. The van der Waals surface area contributed by atoms with Gasteiger partial charge in [-0.05, 0) is 18.5 Å². The standard InChI is InChI=1S/C12H18FNO4S/c1-7(6-14)8-5-9(13)12(19(4,15)16)11(18-3)10(8)17-2/h5,7H,6,14H2,1-4H3. The second-order valence-electron chi connectivity index (χ2n) is 4.25. The summed E-state index contributed by atoms with van der Waals surface area (Å²) in [4.78, 5) is -0.500. The Bertz CT molecular complexity index is 572. The molecule has 0 amide bonds. The molecule has 5 nitrogen and oxygen atoms in total. The van der Waals surface area contributed by atoms with E-state index in [4.69, 9.17) is 15.2 Å². The highest BCUT2D eigenvalue weighted by Gasteiger charge is 2.28. The van der Waals surface area contributed by atoms with Gasteiger partial charge >= 0.3 is 0 Å². The fraction of sp³-hybridized carbons (Fsp3) is 0.500. The van der Waals surface area contributed by atoms with Gasteiger partial charge < -0.3 is 15.2 Å². The summed E-state index contributed by atoms with van der Waals surface area (Å²) in [5, 5.41) is 0. The Balaban J connectivity index is 3.74. The topological polar surface area (TPSA) is 78.6 Å². The second-order valence-corrected chi connectivity index (χ2v) is 6.20. The SMILES string of the molecule is COc1c(C(C)CN)cc(F)c(S(C)(=O)=O)c1OC. The smallest absolute Gasteiger partial charge is 0.182 e. The molecule has 0 radical (unpaired) electrons. The minimum Gasteiger partial charge on any atom is -0.493 e. The highest BCUT2D eigenvalue weighted by atomic mass is 32.2. The zero-order valence-corrected chi connectivity index (χ0v) is 12.2. The zero-order valence-electron chi connectivity index (χ0n) is 11.4. The maximum absolute atomic E-state index is 14.1. The van der Waals surface area contributed by atoms with E-state index in [2.05, 4.69) is 0 Å². The molecule has 108 valence electrons. The molecule has 0 bridgehead atoms. The number of hydrogen-bond donors (Lipinski definition) is 1.